The molecule has 0 aromatic heterocycles. The fourth-order valence-electron chi connectivity index (χ4n) is 3.92. The molecular weight excluding hydrogens is 252 g/mol. The van der Waals surface area contributed by atoms with Crippen LogP contribution in [0.2, 0.25) is 12.1 Å². The summed E-state index contributed by atoms with van der Waals surface area (Å²) in [5.74, 6) is 0.928. The van der Waals surface area contributed by atoms with Crippen LogP contribution in [0, 0.1) is 5.92 Å². The zero-order valence-corrected chi connectivity index (χ0v) is 14.0. The summed E-state index contributed by atoms with van der Waals surface area (Å²) in [5, 5.41) is 0. The van der Waals surface area contributed by atoms with Crippen LogP contribution in [0.3, 0.4) is 0 Å². The maximum atomic E-state index is 6.37. The van der Waals surface area contributed by atoms with Gasteiger partial charge in [-0.25, -0.2) is 0 Å². The molecule has 0 aromatic carbocycles. The van der Waals surface area contributed by atoms with Crippen molar-refractivity contribution in [3.63, 3.8) is 0 Å². The van der Waals surface area contributed by atoms with Crippen LogP contribution in [0.4, 0.5) is 0 Å². The van der Waals surface area contributed by atoms with E-state index in [9.17, 15) is 0 Å². The minimum absolute atomic E-state index is 0.749. The summed E-state index contributed by atoms with van der Waals surface area (Å²) >= 11 is 0. The molecule has 2 fully saturated rings. The first-order chi connectivity index (χ1) is 9.24. The molecule has 112 valence electrons. The Hall–Kier alpha value is 0.137. The van der Waals surface area contributed by atoms with Gasteiger partial charge in [0.05, 0.1) is 0 Å². The smallest absolute Gasteiger partial charge is 0.338 e. The van der Waals surface area contributed by atoms with Crippen LogP contribution in [-0.2, 0) is 8.85 Å². The van der Waals surface area contributed by atoms with Gasteiger partial charge < -0.3 is 8.85 Å². The fraction of sp³-hybridized carbons (Fsp3) is 1.00. The van der Waals surface area contributed by atoms with E-state index in [2.05, 4.69) is 13.5 Å². The summed E-state index contributed by atoms with van der Waals surface area (Å²) in [7, 11) is -1.90. The van der Waals surface area contributed by atoms with Crippen molar-refractivity contribution in [2.45, 2.75) is 83.2 Å². The van der Waals surface area contributed by atoms with Crippen molar-refractivity contribution in [3.05, 3.63) is 0 Å². The van der Waals surface area contributed by atoms with Gasteiger partial charge in [-0.3, -0.25) is 0 Å². The molecule has 19 heavy (non-hydrogen) atoms. The maximum Gasteiger partial charge on any atom is 0.338 e. The summed E-state index contributed by atoms with van der Waals surface area (Å²) < 4.78 is 12.5. The third-order valence-electron chi connectivity index (χ3n) is 5.17. The van der Waals surface area contributed by atoms with Crippen molar-refractivity contribution in [3.8, 4) is 0 Å². The third-order valence-corrected chi connectivity index (χ3v) is 8.87. The Morgan fingerprint density at radius 1 is 0.895 bits per heavy atom. The van der Waals surface area contributed by atoms with Crippen molar-refractivity contribution in [1.82, 2.24) is 0 Å². The molecule has 3 heteroatoms. The molecule has 2 nitrogen and oxygen atoms in total. The van der Waals surface area contributed by atoms with Gasteiger partial charge in [-0.1, -0.05) is 44.9 Å². The summed E-state index contributed by atoms with van der Waals surface area (Å²) in [6, 6.07) is 0. The molecule has 0 spiro atoms. The van der Waals surface area contributed by atoms with Gasteiger partial charge in [-0.2, -0.15) is 0 Å². The molecule has 2 rings (SSSR count). The molecular formula is C16H32O2Si. The Bertz CT molecular complexity index is 247. The number of hydrogen-bond acceptors (Lipinski definition) is 2. The molecule has 0 aliphatic heterocycles. The Labute approximate surface area is 120 Å². The zero-order chi connectivity index (χ0) is 13.6. The van der Waals surface area contributed by atoms with Crippen LogP contribution in [0.1, 0.15) is 71.1 Å². The third kappa shape index (κ3) is 4.57. The highest BCUT2D eigenvalue weighted by Gasteiger charge is 2.42. The minimum Gasteiger partial charge on any atom is -0.394 e. The molecule has 0 saturated heterocycles. The molecule has 2 aliphatic carbocycles. The highest BCUT2D eigenvalue weighted by atomic mass is 28.4. The van der Waals surface area contributed by atoms with E-state index in [4.69, 9.17) is 8.85 Å². The molecule has 1 atom stereocenters. The van der Waals surface area contributed by atoms with E-state index in [-0.39, 0.29) is 0 Å². The summed E-state index contributed by atoms with van der Waals surface area (Å²) in [6.45, 7) is 6.20. The van der Waals surface area contributed by atoms with Crippen molar-refractivity contribution >= 4 is 8.56 Å². The Morgan fingerprint density at radius 3 is 2.16 bits per heavy atom. The monoisotopic (exact) mass is 284 g/mol. The topological polar surface area (TPSA) is 18.5 Å². The van der Waals surface area contributed by atoms with Gasteiger partial charge in [0.2, 0.25) is 0 Å². The Balaban J connectivity index is 1.75. The lowest BCUT2D eigenvalue weighted by Gasteiger charge is -2.33. The van der Waals surface area contributed by atoms with E-state index in [0.717, 1.165) is 24.7 Å². The molecule has 0 heterocycles. The minimum atomic E-state index is -1.90. The second-order valence-corrected chi connectivity index (χ2v) is 10.00. The molecule has 0 aromatic rings. The summed E-state index contributed by atoms with van der Waals surface area (Å²) in [5.41, 5.74) is 0.749. The van der Waals surface area contributed by atoms with Crippen LogP contribution in [0.25, 0.3) is 0 Å². The number of rotatable bonds is 7. The van der Waals surface area contributed by atoms with E-state index in [0.29, 0.717) is 0 Å². The van der Waals surface area contributed by atoms with Gasteiger partial charge in [0.1, 0.15) is 0 Å². The highest BCUT2D eigenvalue weighted by Crippen LogP contribution is 2.40. The maximum absolute atomic E-state index is 6.37. The van der Waals surface area contributed by atoms with Crippen LogP contribution >= 0.6 is 0 Å². The summed E-state index contributed by atoms with van der Waals surface area (Å²) in [4.78, 5) is 0. The van der Waals surface area contributed by atoms with Gasteiger partial charge in [0.15, 0.2) is 0 Å². The molecule has 1 unspecified atom stereocenters. The van der Waals surface area contributed by atoms with Gasteiger partial charge in [-0.15, -0.1) is 0 Å². The Morgan fingerprint density at radius 2 is 1.53 bits per heavy atom. The van der Waals surface area contributed by atoms with Crippen molar-refractivity contribution in [2.24, 2.45) is 5.92 Å². The molecule has 0 radical (unpaired) electrons. The number of hydrogen-bond donors (Lipinski definition) is 0. The van der Waals surface area contributed by atoms with Gasteiger partial charge >= 0.3 is 8.56 Å². The molecule has 2 aliphatic rings. The van der Waals surface area contributed by atoms with Crippen LogP contribution in [0.15, 0.2) is 0 Å². The van der Waals surface area contributed by atoms with Crippen LogP contribution in [0.5, 0.6) is 0 Å². The zero-order valence-electron chi connectivity index (χ0n) is 13.0. The van der Waals surface area contributed by atoms with E-state index >= 15 is 0 Å². The SMILES string of the molecule is CCO[Si](C)(OCCC1CCCCC1)C1CCCC1. The quantitative estimate of drug-likeness (QED) is 0.611. The normalized spacial score (nSPS) is 25.6. The van der Waals surface area contributed by atoms with Gasteiger partial charge in [0.25, 0.3) is 0 Å². The second-order valence-electron chi connectivity index (χ2n) is 6.57. The molecule has 0 bridgehead atoms. The standard InChI is InChI=1S/C16H32O2Si/c1-3-17-19(2,16-11-7-8-12-16)18-14-13-15-9-5-4-6-10-15/h15-16H,3-14H2,1-2H3. The van der Waals surface area contributed by atoms with E-state index in [1.165, 1.54) is 64.2 Å². The lowest BCUT2D eigenvalue weighted by Crippen LogP contribution is -2.43. The average molecular weight is 285 g/mol. The lowest BCUT2D eigenvalue weighted by atomic mass is 9.87. The highest BCUT2D eigenvalue weighted by molar-refractivity contribution is 6.67. The fourth-order valence-corrected chi connectivity index (χ4v) is 7.03. The van der Waals surface area contributed by atoms with E-state index in [1.54, 1.807) is 0 Å². The van der Waals surface area contributed by atoms with Crippen LogP contribution in [-0.4, -0.2) is 21.8 Å². The first kappa shape index (κ1) is 15.5. The average Bonchev–Trinajstić information content (AvgIpc) is 2.95. The predicted molar refractivity (Wildman–Crippen MR) is 82.6 cm³/mol. The Kier molecular flexibility index (Phi) is 6.37. The lowest BCUT2D eigenvalue weighted by molar-refractivity contribution is 0.154. The van der Waals surface area contributed by atoms with Gasteiger partial charge in [-0.05, 0) is 38.7 Å². The van der Waals surface area contributed by atoms with Crippen LogP contribution < -0.4 is 0 Å². The van der Waals surface area contributed by atoms with Crippen molar-refractivity contribution in [2.75, 3.05) is 13.2 Å². The van der Waals surface area contributed by atoms with E-state index < -0.39 is 8.56 Å². The molecule has 2 saturated carbocycles. The predicted octanol–water partition coefficient (Wildman–Crippen LogP) is 5.03. The van der Waals surface area contributed by atoms with Crippen molar-refractivity contribution < 1.29 is 8.85 Å². The first-order valence-corrected chi connectivity index (χ1v) is 10.9. The first-order valence-electron chi connectivity index (χ1n) is 8.52. The second kappa shape index (κ2) is 7.80. The van der Waals surface area contributed by atoms with Gasteiger partial charge in [0, 0.05) is 18.8 Å². The summed E-state index contributed by atoms with van der Waals surface area (Å²) in [6.07, 6.45) is 13.9. The van der Waals surface area contributed by atoms with E-state index in [1.807, 2.05) is 0 Å². The largest absolute Gasteiger partial charge is 0.394 e. The molecule has 0 amide bonds. The van der Waals surface area contributed by atoms with Crippen molar-refractivity contribution in [1.29, 1.82) is 0 Å². The molecule has 0 N–H and O–H groups in total.